The summed E-state index contributed by atoms with van der Waals surface area (Å²) in [6.07, 6.45) is 2.47. The highest BCUT2D eigenvalue weighted by atomic mass is 32.1. The number of carbonyl (C=O) groups excluding carboxylic acids is 1. The summed E-state index contributed by atoms with van der Waals surface area (Å²) in [7, 11) is 1.53. The molecule has 0 aromatic carbocycles. The van der Waals surface area contributed by atoms with Crippen LogP contribution >= 0.6 is 11.3 Å². The van der Waals surface area contributed by atoms with E-state index in [1.807, 2.05) is 0 Å². The van der Waals surface area contributed by atoms with E-state index in [0.717, 1.165) is 17.5 Å². The molecule has 1 amide bonds. The van der Waals surface area contributed by atoms with Crippen LogP contribution in [0.3, 0.4) is 0 Å². The maximum absolute atomic E-state index is 15.7. The lowest BCUT2D eigenvalue weighted by Gasteiger charge is -2.14. The number of aryl methyl sites for hydroxylation is 2. The molecule has 184 valence electrons. The first kappa shape index (κ1) is 24.6. The van der Waals surface area contributed by atoms with Gasteiger partial charge in [0.1, 0.15) is 17.0 Å². The summed E-state index contributed by atoms with van der Waals surface area (Å²) >= 11 is 0.950. The number of halogens is 2. The Morgan fingerprint density at radius 3 is 2.69 bits per heavy atom. The molecule has 4 aromatic rings. The van der Waals surface area contributed by atoms with Gasteiger partial charge in [0, 0.05) is 36.3 Å². The molecule has 0 saturated heterocycles. The summed E-state index contributed by atoms with van der Waals surface area (Å²) in [5.74, 6) is -2.00. The molecule has 8 nitrogen and oxygen atoms in total. The van der Waals surface area contributed by atoms with E-state index in [4.69, 9.17) is 4.74 Å². The first-order valence-electron chi connectivity index (χ1n) is 10.8. The number of aromatic amines is 1. The third kappa shape index (κ3) is 4.44. The van der Waals surface area contributed by atoms with E-state index in [0.29, 0.717) is 23.1 Å². The quantitative estimate of drug-likeness (QED) is 0.363. The normalized spacial score (nSPS) is 11.8. The van der Waals surface area contributed by atoms with Gasteiger partial charge in [-0.05, 0) is 39.8 Å². The van der Waals surface area contributed by atoms with Gasteiger partial charge >= 0.3 is 0 Å². The summed E-state index contributed by atoms with van der Waals surface area (Å²) in [4.78, 5) is 32.3. The summed E-state index contributed by atoms with van der Waals surface area (Å²) in [6.45, 7) is 6.62. The summed E-state index contributed by atoms with van der Waals surface area (Å²) in [5, 5.41) is 13.6. The first-order chi connectivity index (χ1) is 16.4. The van der Waals surface area contributed by atoms with Gasteiger partial charge in [-0.3, -0.25) is 9.59 Å². The van der Waals surface area contributed by atoms with Crippen LogP contribution in [0.1, 0.15) is 41.7 Å². The number of amides is 1. The number of aliphatic hydroxyl groups is 1. The number of H-pyrrole nitrogens is 1. The summed E-state index contributed by atoms with van der Waals surface area (Å²) in [6, 6.07) is 2.72. The predicted octanol–water partition coefficient (Wildman–Crippen LogP) is 4.35. The molecule has 3 N–H and O–H groups in total. The highest BCUT2D eigenvalue weighted by molar-refractivity contribution is 7.16. The predicted molar refractivity (Wildman–Crippen MR) is 129 cm³/mol. The summed E-state index contributed by atoms with van der Waals surface area (Å²) in [5.41, 5.74) is -0.838. The van der Waals surface area contributed by atoms with Crippen molar-refractivity contribution in [2.24, 2.45) is 7.05 Å². The molecule has 0 atom stereocenters. The third-order valence-corrected chi connectivity index (χ3v) is 6.84. The van der Waals surface area contributed by atoms with Gasteiger partial charge in [0.2, 0.25) is 5.88 Å². The highest BCUT2D eigenvalue weighted by Crippen LogP contribution is 2.48. The van der Waals surface area contributed by atoms with Crippen molar-refractivity contribution in [2.75, 3.05) is 6.54 Å². The van der Waals surface area contributed by atoms with E-state index in [9.17, 15) is 19.1 Å². The molecular formula is C24H24F2N4O4S. The molecule has 0 aliphatic rings. The van der Waals surface area contributed by atoms with Gasteiger partial charge in [-0.2, -0.15) is 0 Å². The zero-order valence-electron chi connectivity index (χ0n) is 19.7. The number of nitrogens with one attached hydrogen (secondary N) is 2. The second-order valence-electron chi connectivity index (χ2n) is 8.63. The Morgan fingerprint density at radius 2 is 2.06 bits per heavy atom. The summed E-state index contributed by atoms with van der Waals surface area (Å²) < 4.78 is 36.4. The van der Waals surface area contributed by atoms with Crippen LogP contribution in [0.5, 0.6) is 11.6 Å². The monoisotopic (exact) mass is 502 g/mol. The number of carbonyl (C=O) groups is 1. The zero-order chi connectivity index (χ0) is 25.7. The number of aromatic nitrogens is 3. The fraction of sp³-hybridized carbons (Fsp3) is 0.292. The topological polar surface area (TPSA) is 109 Å². The van der Waals surface area contributed by atoms with Gasteiger partial charge in [-0.1, -0.05) is 0 Å². The lowest BCUT2D eigenvalue weighted by atomic mass is 10.1. The molecule has 0 radical (unpaired) electrons. The van der Waals surface area contributed by atoms with Crippen molar-refractivity contribution >= 4 is 28.1 Å². The first-order valence-corrected chi connectivity index (χ1v) is 11.6. The number of ether oxygens (including phenoxy) is 1. The van der Waals surface area contributed by atoms with Crippen LogP contribution in [0.25, 0.3) is 21.3 Å². The van der Waals surface area contributed by atoms with Crippen LogP contribution in [0, 0.1) is 18.6 Å². The lowest BCUT2D eigenvalue weighted by Crippen LogP contribution is -2.23. The molecule has 0 aliphatic carbocycles. The minimum absolute atomic E-state index is 0.00348. The Labute approximate surface area is 203 Å². The molecule has 0 aliphatic heterocycles. The van der Waals surface area contributed by atoms with E-state index >= 15 is 4.39 Å². The van der Waals surface area contributed by atoms with Crippen molar-refractivity contribution in [3.63, 3.8) is 0 Å². The molecule has 11 heteroatoms. The number of hydrogen-bond acceptors (Lipinski definition) is 6. The van der Waals surface area contributed by atoms with Crippen molar-refractivity contribution in [3.8, 4) is 22.1 Å². The molecular weight excluding hydrogens is 478 g/mol. The molecule has 0 spiro atoms. The van der Waals surface area contributed by atoms with Crippen LogP contribution in [0.15, 0.2) is 29.3 Å². The number of fused-ring (bicyclic) bond motifs is 1. The molecule has 4 heterocycles. The van der Waals surface area contributed by atoms with Crippen molar-refractivity contribution in [1.82, 2.24) is 19.9 Å². The minimum Gasteiger partial charge on any atom is -0.434 e. The van der Waals surface area contributed by atoms with E-state index < -0.39 is 23.1 Å². The van der Waals surface area contributed by atoms with Gasteiger partial charge < -0.3 is 24.7 Å². The Hall–Kier alpha value is -3.57. The molecule has 0 bridgehead atoms. The van der Waals surface area contributed by atoms with Crippen LogP contribution in [0.2, 0.25) is 0 Å². The standard InChI is InChI=1S/C24H24F2N4O4S/c1-6-27-21(31)15-8-13-14(10-30(5)23(32)17(13)29-15)19-18(16(26)20(35-19)24(3,4)33)34-22-11(2)7-12(25)9-28-22/h7-10,29,33H,6H2,1-5H3,(H,27,31). The molecule has 4 aromatic heterocycles. The fourth-order valence-electron chi connectivity index (χ4n) is 3.68. The number of pyridine rings is 2. The number of thiophene rings is 1. The number of rotatable bonds is 6. The Bertz CT molecular complexity index is 1510. The molecule has 0 fully saturated rings. The fourth-order valence-corrected chi connectivity index (χ4v) is 4.82. The Morgan fingerprint density at radius 1 is 1.34 bits per heavy atom. The van der Waals surface area contributed by atoms with Crippen molar-refractivity contribution in [3.05, 3.63) is 62.6 Å². The van der Waals surface area contributed by atoms with Gasteiger partial charge in [0.25, 0.3) is 11.5 Å². The highest BCUT2D eigenvalue weighted by Gasteiger charge is 2.32. The molecule has 35 heavy (non-hydrogen) atoms. The van der Waals surface area contributed by atoms with E-state index in [-0.39, 0.29) is 38.2 Å². The van der Waals surface area contributed by atoms with E-state index in [2.05, 4.69) is 15.3 Å². The lowest BCUT2D eigenvalue weighted by molar-refractivity contribution is 0.0785. The van der Waals surface area contributed by atoms with Crippen molar-refractivity contribution < 1.29 is 23.4 Å². The molecule has 0 unspecified atom stereocenters. The van der Waals surface area contributed by atoms with Gasteiger partial charge in [-0.15, -0.1) is 11.3 Å². The zero-order valence-corrected chi connectivity index (χ0v) is 20.6. The van der Waals surface area contributed by atoms with E-state index in [1.165, 1.54) is 43.8 Å². The van der Waals surface area contributed by atoms with Crippen molar-refractivity contribution in [1.29, 1.82) is 0 Å². The van der Waals surface area contributed by atoms with Crippen molar-refractivity contribution in [2.45, 2.75) is 33.3 Å². The second-order valence-corrected chi connectivity index (χ2v) is 9.65. The molecule has 4 rings (SSSR count). The van der Waals surface area contributed by atoms with Crippen LogP contribution < -0.4 is 15.6 Å². The van der Waals surface area contributed by atoms with Crippen LogP contribution in [0.4, 0.5) is 8.78 Å². The second kappa shape index (κ2) is 8.90. The largest absolute Gasteiger partial charge is 0.434 e. The minimum atomic E-state index is -1.54. The third-order valence-electron chi connectivity index (χ3n) is 5.35. The van der Waals surface area contributed by atoms with Crippen LogP contribution in [-0.4, -0.2) is 32.1 Å². The van der Waals surface area contributed by atoms with Crippen LogP contribution in [-0.2, 0) is 12.6 Å². The SMILES string of the molecule is CCNC(=O)c1cc2c(-c3sc(C(C)(C)O)c(F)c3Oc3ncc(F)cc3C)cn(C)c(=O)c2[nH]1. The maximum Gasteiger partial charge on any atom is 0.274 e. The Balaban J connectivity index is 2.00. The number of nitrogens with zero attached hydrogens (tertiary/aromatic N) is 2. The van der Waals surface area contributed by atoms with Gasteiger partial charge in [-0.25, -0.2) is 13.8 Å². The average molecular weight is 503 g/mol. The smallest absolute Gasteiger partial charge is 0.274 e. The Kier molecular flexibility index (Phi) is 6.24. The average Bonchev–Trinajstić information content (AvgIpc) is 3.35. The maximum atomic E-state index is 15.7. The molecule has 0 saturated carbocycles. The van der Waals surface area contributed by atoms with Gasteiger partial charge in [0.15, 0.2) is 11.6 Å². The van der Waals surface area contributed by atoms with E-state index in [1.54, 1.807) is 13.8 Å². The number of hydrogen-bond donors (Lipinski definition) is 3. The van der Waals surface area contributed by atoms with Gasteiger partial charge in [0.05, 0.1) is 21.6 Å².